The zero-order valence-electron chi connectivity index (χ0n) is 18.7. The van der Waals surface area contributed by atoms with Gasteiger partial charge in [-0.1, -0.05) is 24.3 Å². The Morgan fingerprint density at radius 2 is 1.44 bits per heavy atom. The molecular formula is C26H27NO5. The van der Waals surface area contributed by atoms with Crippen molar-refractivity contribution in [2.24, 2.45) is 0 Å². The fourth-order valence-electron chi connectivity index (χ4n) is 4.66. The molecule has 2 aromatic carbocycles. The first-order valence-corrected chi connectivity index (χ1v) is 10.6. The van der Waals surface area contributed by atoms with E-state index in [1.54, 1.807) is 14.2 Å². The molecule has 1 heterocycles. The number of hydrogen-bond donors (Lipinski definition) is 1. The normalized spacial score (nSPS) is 20.4. The van der Waals surface area contributed by atoms with Gasteiger partial charge in [0.1, 0.15) is 11.5 Å². The van der Waals surface area contributed by atoms with Gasteiger partial charge in [-0.2, -0.15) is 0 Å². The van der Waals surface area contributed by atoms with Crippen LogP contribution >= 0.6 is 0 Å². The van der Waals surface area contributed by atoms with Gasteiger partial charge in [0.05, 0.1) is 26.9 Å². The molecular weight excluding hydrogens is 406 g/mol. The molecule has 32 heavy (non-hydrogen) atoms. The summed E-state index contributed by atoms with van der Waals surface area (Å²) in [4.78, 5) is 26.2. The SMILES string of the molecule is COC(=O)C1=C(C)NC2=C(C(=O)C[C@H](c3ccc(OC)cc3)C2)[C@H]1c1ccc(OC)cc1. The standard InChI is InChI=1S/C26H27NO5/c1-15-23(26(29)32-4)24(17-7-11-20(31-3)12-8-17)25-21(27-15)13-18(14-22(25)28)16-5-9-19(30-2)10-6-16/h5-12,18,24,27H,13-14H2,1-4H3/t18-,24+/m1/s1. The number of esters is 1. The van der Waals surface area contributed by atoms with Gasteiger partial charge in [-0.15, -0.1) is 0 Å². The summed E-state index contributed by atoms with van der Waals surface area (Å²) in [6.45, 7) is 1.86. The predicted octanol–water partition coefficient (Wildman–Crippen LogP) is 4.24. The first kappa shape index (κ1) is 21.7. The third-order valence-electron chi connectivity index (χ3n) is 6.27. The first-order valence-electron chi connectivity index (χ1n) is 10.6. The van der Waals surface area contributed by atoms with Crippen LogP contribution in [0.5, 0.6) is 11.5 Å². The molecule has 1 N–H and O–H groups in total. The van der Waals surface area contributed by atoms with Gasteiger partial charge in [0.15, 0.2) is 5.78 Å². The molecule has 0 aromatic heterocycles. The van der Waals surface area contributed by atoms with Crippen LogP contribution in [-0.2, 0) is 14.3 Å². The molecule has 2 aromatic rings. The Hall–Kier alpha value is -3.54. The largest absolute Gasteiger partial charge is 0.497 e. The van der Waals surface area contributed by atoms with Crippen molar-refractivity contribution < 1.29 is 23.8 Å². The second-order valence-corrected chi connectivity index (χ2v) is 8.06. The number of ether oxygens (including phenoxy) is 3. The van der Waals surface area contributed by atoms with Crippen LogP contribution in [0, 0.1) is 0 Å². The van der Waals surface area contributed by atoms with Crippen molar-refractivity contribution in [1.29, 1.82) is 0 Å². The van der Waals surface area contributed by atoms with E-state index in [1.165, 1.54) is 7.11 Å². The summed E-state index contributed by atoms with van der Waals surface area (Å²) >= 11 is 0. The van der Waals surface area contributed by atoms with Crippen molar-refractivity contribution in [2.75, 3.05) is 21.3 Å². The number of hydrogen-bond acceptors (Lipinski definition) is 6. The second-order valence-electron chi connectivity index (χ2n) is 8.06. The van der Waals surface area contributed by atoms with Crippen molar-refractivity contribution in [3.63, 3.8) is 0 Å². The number of rotatable bonds is 5. The van der Waals surface area contributed by atoms with Crippen molar-refractivity contribution in [3.05, 3.63) is 82.2 Å². The Labute approximate surface area is 187 Å². The molecule has 2 aliphatic rings. The van der Waals surface area contributed by atoms with Crippen LogP contribution in [0.3, 0.4) is 0 Å². The van der Waals surface area contributed by atoms with Gasteiger partial charge in [0.25, 0.3) is 0 Å². The van der Waals surface area contributed by atoms with Crippen molar-refractivity contribution in [3.8, 4) is 11.5 Å². The summed E-state index contributed by atoms with van der Waals surface area (Å²) in [5.41, 5.74) is 4.64. The van der Waals surface area contributed by atoms with E-state index in [4.69, 9.17) is 14.2 Å². The molecule has 0 amide bonds. The number of benzene rings is 2. The molecule has 0 bridgehead atoms. The van der Waals surface area contributed by atoms with Crippen molar-refractivity contribution in [1.82, 2.24) is 5.32 Å². The lowest BCUT2D eigenvalue weighted by Gasteiger charge is -2.36. The Bertz CT molecular complexity index is 1100. The lowest BCUT2D eigenvalue weighted by Crippen LogP contribution is -2.36. The topological polar surface area (TPSA) is 73.9 Å². The highest BCUT2D eigenvalue weighted by Crippen LogP contribution is 2.46. The summed E-state index contributed by atoms with van der Waals surface area (Å²) < 4.78 is 15.6. The van der Waals surface area contributed by atoms with Crippen LogP contribution in [0.2, 0.25) is 0 Å². The lowest BCUT2D eigenvalue weighted by atomic mass is 9.71. The van der Waals surface area contributed by atoms with E-state index in [9.17, 15) is 9.59 Å². The van der Waals surface area contributed by atoms with Gasteiger partial charge in [0, 0.05) is 29.3 Å². The van der Waals surface area contributed by atoms with Gasteiger partial charge in [0.2, 0.25) is 0 Å². The Morgan fingerprint density at radius 3 is 1.97 bits per heavy atom. The van der Waals surface area contributed by atoms with Crippen LogP contribution in [0.15, 0.2) is 71.1 Å². The molecule has 2 atom stereocenters. The summed E-state index contributed by atoms with van der Waals surface area (Å²) in [5, 5.41) is 3.35. The van der Waals surface area contributed by atoms with Crippen LogP contribution in [0.1, 0.15) is 42.7 Å². The molecule has 166 valence electrons. The zero-order valence-corrected chi connectivity index (χ0v) is 18.7. The Balaban J connectivity index is 1.76. The van der Waals surface area contributed by atoms with Gasteiger partial charge >= 0.3 is 5.97 Å². The highest BCUT2D eigenvalue weighted by atomic mass is 16.5. The monoisotopic (exact) mass is 433 g/mol. The third-order valence-corrected chi connectivity index (χ3v) is 6.27. The van der Waals surface area contributed by atoms with E-state index >= 15 is 0 Å². The van der Waals surface area contributed by atoms with Crippen molar-refractivity contribution >= 4 is 11.8 Å². The Kier molecular flexibility index (Phi) is 6.04. The maximum atomic E-state index is 13.5. The minimum absolute atomic E-state index is 0.0364. The lowest BCUT2D eigenvalue weighted by molar-refractivity contribution is -0.136. The summed E-state index contributed by atoms with van der Waals surface area (Å²) in [6.07, 6.45) is 1.07. The van der Waals surface area contributed by atoms with E-state index in [2.05, 4.69) is 5.32 Å². The molecule has 0 saturated carbocycles. The molecule has 0 radical (unpaired) electrons. The first-order chi connectivity index (χ1) is 15.5. The number of allylic oxidation sites excluding steroid dienone is 3. The molecule has 4 rings (SSSR count). The maximum Gasteiger partial charge on any atom is 0.336 e. The van der Waals surface area contributed by atoms with Crippen LogP contribution in [0.4, 0.5) is 0 Å². The average molecular weight is 434 g/mol. The number of carbonyl (C=O) groups excluding carboxylic acids is 2. The zero-order chi connectivity index (χ0) is 22.8. The molecule has 6 heteroatoms. The molecule has 0 saturated heterocycles. The number of dihydropyridines is 1. The predicted molar refractivity (Wildman–Crippen MR) is 121 cm³/mol. The number of carbonyl (C=O) groups is 2. The van der Waals surface area contributed by atoms with Crippen LogP contribution in [0.25, 0.3) is 0 Å². The van der Waals surface area contributed by atoms with Gasteiger partial charge in [-0.25, -0.2) is 4.79 Å². The van der Waals surface area contributed by atoms with Crippen LogP contribution < -0.4 is 14.8 Å². The fraction of sp³-hybridized carbons (Fsp3) is 0.308. The second kappa shape index (κ2) is 8.91. The quantitative estimate of drug-likeness (QED) is 0.711. The smallest absolute Gasteiger partial charge is 0.336 e. The van der Waals surface area contributed by atoms with Gasteiger partial charge in [-0.3, -0.25) is 4.79 Å². The average Bonchev–Trinajstić information content (AvgIpc) is 2.82. The highest BCUT2D eigenvalue weighted by molar-refractivity contribution is 6.04. The highest BCUT2D eigenvalue weighted by Gasteiger charge is 2.41. The van der Waals surface area contributed by atoms with Gasteiger partial charge in [-0.05, 0) is 54.7 Å². The minimum atomic E-state index is -0.478. The van der Waals surface area contributed by atoms with Crippen molar-refractivity contribution in [2.45, 2.75) is 31.6 Å². The molecule has 0 fully saturated rings. The minimum Gasteiger partial charge on any atom is -0.497 e. The third kappa shape index (κ3) is 3.88. The van der Waals surface area contributed by atoms with Crippen LogP contribution in [-0.4, -0.2) is 33.1 Å². The summed E-state index contributed by atoms with van der Waals surface area (Å²) in [6, 6.07) is 15.3. The van der Waals surface area contributed by atoms with E-state index in [0.29, 0.717) is 35.4 Å². The molecule has 6 nitrogen and oxygen atoms in total. The van der Waals surface area contributed by atoms with E-state index in [1.807, 2.05) is 55.5 Å². The number of nitrogens with one attached hydrogen (secondary N) is 1. The Morgan fingerprint density at radius 1 is 0.875 bits per heavy atom. The maximum absolute atomic E-state index is 13.5. The van der Waals surface area contributed by atoms with E-state index < -0.39 is 11.9 Å². The van der Waals surface area contributed by atoms with Gasteiger partial charge < -0.3 is 19.5 Å². The molecule has 0 unspecified atom stereocenters. The number of ketones is 1. The molecule has 1 aliphatic carbocycles. The molecule has 0 spiro atoms. The fourth-order valence-corrected chi connectivity index (χ4v) is 4.66. The number of methoxy groups -OCH3 is 3. The van der Waals surface area contributed by atoms with E-state index in [0.717, 1.165) is 22.6 Å². The van der Waals surface area contributed by atoms with E-state index in [-0.39, 0.29) is 11.7 Å². The molecule has 1 aliphatic heterocycles. The summed E-state index contributed by atoms with van der Waals surface area (Å²) in [5.74, 6) is 0.679. The number of Topliss-reactive ketones (excluding diaryl/α,β-unsaturated/α-hetero) is 1. The summed E-state index contributed by atoms with van der Waals surface area (Å²) in [7, 11) is 4.60.